The number of nitrogens with zero attached hydrogens (tertiary/aromatic N) is 2. The minimum atomic E-state index is -0.429. The molecule has 7 nitrogen and oxygen atoms in total. The molecule has 0 amide bonds. The number of aryl methyl sites for hydroxylation is 3. The Morgan fingerprint density at radius 2 is 1.88 bits per heavy atom. The summed E-state index contributed by atoms with van der Waals surface area (Å²) < 4.78 is 33.6. The van der Waals surface area contributed by atoms with E-state index in [0.717, 1.165) is 44.5 Å². The molecule has 0 bridgehead atoms. The molecule has 1 aliphatic heterocycles. The summed E-state index contributed by atoms with van der Waals surface area (Å²) in [6.07, 6.45) is 2.86. The van der Waals surface area contributed by atoms with E-state index < -0.39 is 6.10 Å². The average molecular weight is 555 g/mol. The molecule has 2 aliphatic rings. The molecule has 41 heavy (non-hydrogen) atoms. The van der Waals surface area contributed by atoms with Crippen LogP contribution in [0.3, 0.4) is 0 Å². The molecule has 0 N–H and O–H groups in total. The molecule has 8 heteroatoms. The standard InChI is InChI=1S/C33H31FN2O5/c1-18-11-20(21-13-30(37)36(3)35-16-21)12-19(2)32(18)25-7-9-27(34)33-26(25)8-10-28(33)41-23-5-6-24-22(14-31(38)39-4)17-40-29(24)15-23/h5-7,9,11-13,15-16,22,28H,8,10,14,17H2,1-4H3/t22?,28-/m1/s1. The van der Waals surface area contributed by atoms with Gasteiger partial charge in [-0.25, -0.2) is 9.07 Å². The molecule has 6 rings (SSSR count). The summed E-state index contributed by atoms with van der Waals surface area (Å²) in [6, 6.07) is 14.7. The van der Waals surface area contributed by atoms with Crippen molar-refractivity contribution < 1.29 is 23.4 Å². The van der Waals surface area contributed by atoms with Crippen molar-refractivity contribution in [1.29, 1.82) is 0 Å². The Balaban J connectivity index is 1.30. The first-order valence-corrected chi connectivity index (χ1v) is 13.7. The van der Waals surface area contributed by atoms with Gasteiger partial charge >= 0.3 is 5.97 Å². The number of ether oxygens (including phenoxy) is 3. The van der Waals surface area contributed by atoms with E-state index in [-0.39, 0.29) is 29.7 Å². The zero-order valence-electron chi connectivity index (χ0n) is 23.5. The second kappa shape index (κ2) is 10.5. The molecular formula is C33H31FN2O5. The first kappa shape index (κ1) is 26.7. The molecule has 0 spiro atoms. The maximum Gasteiger partial charge on any atom is 0.306 e. The van der Waals surface area contributed by atoms with Gasteiger partial charge in [-0.1, -0.05) is 24.3 Å². The van der Waals surface area contributed by atoms with Crippen molar-refractivity contribution in [3.05, 3.63) is 98.7 Å². The van der Waals surface area contributed by atoms with Crippen LogP contribution in [0.25, 0.3) is 22.3 Å². The van der Waals surface area contributed by atoms with Crippen molar-refractivity contribution in [3.63, 3.8) is 0 Å². The minimum Gasteiger partial charge on any atom is -0.492 e. The summed E-state index contributed by atoms with van der Waals surface area (Å²) in [7, 11) is 3.00. The van der Waals surface area contributed by atoms with Gasteiger partial charge in [-0.2, -0.15) is 5.10 Å². The van der Waals surface area contributed by atoms with Gasteiger partial charge in [0, 0.05) is 41.8 Å². The summed E-state index contributed by atoms with van der Waals surface area (Å²) in [5.74, 6) is 0.676. The van der Waals surface area contributed by atoms with E-state index in [0.29, 0.717) is 36.5 Å². The molecular weight excluding hydrogens is 523 g/mol. The molecule has 3 aromatic carbocycles. The van der Waals surface area contributed by atoms with E-state index in [1.807, 2.05) is 38.1 Å². The Morgan fingerprint density at radius 1 is 1.10 bits per heavy atom. The lowest BCUT2D eigenvalue weighted by Gasteiger charge is -2.19. The van der Waals surface area contributed by atoms with Gasteiger partial charge in [0.2, 0.25) is 0 Å². The van der Waals surface area contributed by atoms with Crippen LogP contribution in [-0.2, 0) is 23.0 Å². The Bertz CT molecular complexity index is 1720. The lowest BCUT2D eigenvalue weighted by Crippen LogP contribution is -2.17. The predicted molar refractivity (Wildman–Crippen MR) is 153 cm³/mol. The van der Waals surface area contributed by atoms with Gasteiger partial charge in [-0.15, -0.1) is 0 Å². The van der Waals surface area contributed by atoms with Gasteiger partial charge in [-0.3, -0.25) is 9.59 Å². The largest absolute Gasteiger partial charge is 0.492 e. The maximum absolute atomic E-state index is 15.3. The number of hydrogen-bond acceptors (Lipinski definition) is 6. The van der Waals surface area contributed by atoms with Crippen LogP contribution in [0.1, 0.15) is 52.7 Å². The number of benzene rings is 3. The van der Waals surface area contributed by atoms with Crippen LogP contribution < -0.4 is 15.0 Å². The number of esters is 1. The summed E-state index contributed by atoms with van der Waals surface area (Å²) in [5, 5.41) is 4.15. The van der Waals surface area contributed by atoms with Crippen molar-refractivity contribution in [2.75, 3.05) is 13.7 Å². The first-order chi connectivity index (χ1) is 19.7. The van der Waals surface area contributed by atoms with Gasteiger partial charge in [0.1, 0.15) is 23.4 Å². The van der Waals surface area contributed by atoms with E-state index in [1.165, 1.54) is 17.9 Å². The summed E-state index contributed by atoms with van der Waals surface area (Å²) >= 11 is 0. The molecule has 0 fully saturated rings. The predicted octanol–water partition coefficient (Wildman–Crippen LogP) is 5.98. The highest BCUT2D eigenvalue weighted by molar-refractivity contribution is 5.79. The average Bonchev–Trinajstić information content (AvgIpc) is 3.55. The van der Waals surface area contributed by atoms with Crippen LogP contribution in [0.4, 0.5) is 4.39 Å². The molecule has 0 saturated carbocycles. The Labute approximate surface area is 237 Å². The Morgan fingerprint density at radius 3 is 2.61 bits per heavy atom. The highest BCUT2D eigenvalue weighted by atomic mass is 19.1. The topological polar surface area (TPSA) is 79.7 Å². The third-order valence-electron chi connectivity index (χ3n) is 8.17. The van der Waals surface area contributed by atoms with Crippen LogP contribution in [0.2, 0.25) is 0 Å². The van der Waals surface area contributed by atoms with Gasteiger partial charge in [-0.05, 0) is 72.2 Å². The number of carbonyl (C=O) groups is 1. The molecule has 2 heterocycles. The molecule has 0 radical (unpaired) electrons. The lowest BCUT2D eigenvalue weighted by atomic mass is 9.88. The SMILES string of the molecule is COC(=O)CC1COc2cc(O[C@@H]3CCc4c(-c5c(C)cc(-c6cnn(C)c(=O)c6)cc5C)ccc(F)c43)ccc21. The minimum absolute atomic E-state index is 0.0555. The second-order valence-electron chi connectivity index (χ2n) is 10.8. The molecule has 1 aliphatic carbocycles. The Hall–Kier alpha value is -4.46. The number of fused-ring (bicyclic) bond motifs is 2. The van der Waals surface area contributed by atoms with Crippen LogP contribution >= 0.6 is 0 Å². The monoisotopic (exact) mass is 554 g/mol. The number of aromatic nitrogens is 2. The molecule has 210 valence electrons. The summed E-state index contributed by atoms with van der Waals surface area (Å²) in [4.78, 5) is 23.9. The van der Waals surface area contributed by atoms with E-state index in [1.54, 1.807) is 19.3 Å². The third-order valence-corrected chi connectivity index (χ3v) is 8.17. The second-order valence-corrected chi connectivity index (χ2v) is 10.8. The van der Waals surface area contributed by atoms with Crippen molar-refractivity contribution in [3.8, 4) is 33.8 Å². The van der Waals surface area contributed by atoms with Crippen LogP contribution in [-0.4, -0.2) is 29.5 Å². The summed E-state index contributed by atoms with van der Waals surface area (Å²) in [6.45, 7) is 4.49. The van der Waals surface area contributed by atoms with Crippen molar-refractivity contribution in [2.24, 2.45) is 7.05 Å². The van der Waals surface area contributed by atoms with Crippen LogP contribution in [0.15, 0.2) is 59.5 Å². The van der Waals surface area contributed by atoms with E-state index in [4.69, 9.17) is 14.2 Å². The van der Waals surface area contributed by atoms with Gasteiger partial charge < -0.3 is 14.2 Å². The zero-order valence-corrected chi connectivity index (χ0v) is 23.5. The van der Waals surface area contributed by atoms with Crippen LogP contribution in [0.5, 0.6) is 11.5 Å². The maximum atomic E-state index is 15.3. The smallest absolute Gasteiger partial charge is 0.306 e. The fourth-order valence-corrected chi connectivity index (χ4v) is 6.16. The fourth-order valence-electron chi connectivity index (χ4n) is 6.16. The van der Waals surface area contributed by atoms with E-state index >= 15 is 4.39 Å². The van der Waals surface area contributed by atoms with Gasteiger partial charge in [0.05, 0.1) is 26.3 Å². The third kappa shape index (κ3) is 4.88. The Kier molecular flexibility index (Phi) is 6.85. The number of carbonyl (C=O) groups excluding carboxylic acids is 1. The first-order valence-electron chi connectivity index (χ1n) is 13.7. The van der Waals surface area contributed by atoms with E-state index in [9.17, 15) is 9.59 Å². The van der Waals surface area contributed by atoms with Crippen LogP contribution in [0, 0.1) is 19.7 Å². The molecule has 0 saturated heterocycles. The number of methoxy groups -OCH3 is 1. The number of hydrogen-bond donors (Lipinski definition) is 0. The van der Waals surface area contributed by atoms with Crippen molar-refractivity contribution >= 4 is 5.97 Å². The van der Waals surface area contributed by atoms with E-state index in [2.05, 4.69) is 17.2 Å². The normalized spacial score (nSPS) is 17.1. The van der Waals surface area contributed by atoms with Crippen molar-refractivity contribution in [2.45, 2.75) is 45.1 Å². The van der Waals surface area contributed by atoms with Gasteiger partial charge in [0.15, 0.2) is 0 Å². The molecule has 1 unspecified atom stereocenters. The van der Waals surface area contributed by atoms with Crippen molar-refractivity contribution in [1.82, 2.24) is 9.78 Å². The highest BCUT2D eigenvalue weighted by Crippen LogP contribution is 2.45. The summed E-state index contributed by atoms with van der Waals surface area (Å²) in [5.41, 5.74) is 8.15. The number of rotatable bonds is 6. The lowest BCUT2D eigenvalue weighted by molar-refractivity contribution is -0.141. The molecule has 4 aromatic rings. The number of halogens is 1. The quantitative estimate of drug-likeness (QED) is 0.273. The fraction of sp³-hybridized carbons (Fsp3) is 0.303. The molecule has 1 aromatic heterocycles. The van der Waals surface area contributed by atoms with Gasteiger partial charge in [0.25, 0.3) is 5.56 Å². The highest BCUT2D eigenvalue weighted by Gasteiger charge is 2.32. The zero-order chi connectivity index (χ0) is 28.8. The molecule has 2 atom stereocenters.